The Morgan fingerprint density at radius 2 is 2.31 bits per heavy atom. The summed E-state index contributed by atoms with van der Waals surface area (Å²) in [5.74, 6) is 0. The predicted molar refractivity (Wildman–Crippen MR) is 48.5 cm³/mol. The molecule has 0 aromatic heterocycles. The first-order chi connectivity index (χ1) is 6.15. The zero-order valence-corrected chi connectivity index (χ0v) is 8.04. The first kappa shape index (κ1) is 10.1. The molecule has 13 heavy (non-hydrogen) atoms. The lowest BCUT2D eigenvalue weighted by molar-refractivity contribution is 0.235. The van der Waals surface area contributed by atoms with Crippen molar-refractivity contribution in [3.05, 3.63) is 4.91 Å². The van der Waals surface area contributed by atoms with Gasteiger partial charge in [-0.05, 0) is 6.42 Å². The number of nitroso groups, excluding NO2 is 1. The van der Waals surface area contributed by atoms with Crippen molar-refractivity contribution in [2.24, 2.45) is 5.29 Å². The van der Waals surface area contributed by atoms with Crippen molar-refractivity contribution in [2.45, 2.75) is 18.9 Å². The van der Waals surface area contributed by atoms with Crippen LogP contribution >= 0.6 is 0 Å². The lowest BCUT2D eigenvalue weighted by atomic mass is 10.1. The van der Waals surface area contributed by atoms with Gasteiger partial charge in [0.25, 0.3) is 0 Å². The average molecular weight is 205 g/mol. The van der Waals surface area contributed by atoms with Crippen LogP contribution in [-0.2, 0) is 10.3 Å². The number of nitrogens with one attached hydrogen (secondary N) is 1. The zero-order valence-electron chi connectivity index (χ0n) is 7.23. The second kappa shape index (κ2) is 4.33. The van der Waals surface area contributed by atoms with Gasteiger partial charge in [-0.25, -0.2) is 0 Å². The fourth-order valence-corrected chi connectivity index (χ4v) is 1.83. The number of rotatable bonds is 2. The largest absolute Gasteiger partial charge is 0.279 e. The number of hydrogen-bond acceptors (Lipinski definition) is 4. The van der Waals surface area contributed by atoms with Gasteiger partial charge in [-0.1, -0.05) is 0 Å². The van der Waals surface area contributed by atoms with Gasteiger partial charge in [0.2, 0.25) is 10.3 Å². The smallest absolute Gasteiger partial charge is 0.228 e. The van der Waals surface area contributed by atoms with E-state index in [1.165, 1.54) is 5.01 Å². The van der Waals surface area contributed by atoms with Crippen molar-refractivity contribution in [3.63, 3.8) is 0 Å². The molecule has 1 rings (SSSR count). The minimum atomic E-state index is -2.21. The van der Waals surface area contributed by atoms with E-state index in [1.807, 2.05) is 0 Å². The first-order valence-corrected chi connectivity index (χ1v) is 4.97. The average Bonchev–Trinajstić information content (AvgIpc) is 2.17. The van der Waals surface area contributed by atoms with Crippen LogP contribution in [0.25, 0.3) is 0 Å². The van der Waals surface area contributed by atoms with Gasteiger partial charge in [-0.3, -0.25) is 10.3 Å². The molecular formula is C6H11N3O3S. The van der Waals surface area contributed by atoms with Gasteiger partial charge in [0.1, 0.15) is 4.99 Å². The van der Waals surface area contributed by atoms with Gasteiger partial charge in [-0.2, -0.15) is 8.42 Å². The Balaban J connectivity index is 2.73. The molecule has 0 radical (unpaired) electrons. The molecule has 1 atom stereocenters. The normalized spacial score (nSPS) is 22.5. The van der Waals surface area contributed by atoms with E-state index in [1.54, 1.807) is 7.05 Å². The molecule has 0 aromatic rings. The van der Waals surface area contributed by atoms with Crippen molar-refractivity contribution in [1.82, 2.24) is 10.3 Å². The molecular weight excluding hydrogens is 194 g/mol. The van der Waals surface area contributed by atoms with Crippen molar-refractivity contribution in [2.75, 3.05) is 13.6 Å². The maximum atomic E-state index is 10.6. The Labute approximate surface area is 77.4 Å². The lowest BCUT2D eigenvalue weighted by Gasteiger charge is -2.26. The van der Waals surface area contributed by atoms with E-state index in [-0.39, 0.29) is 11.0 Å². The van der Waals surface area contributed by atoms with E-state index < -0.39 is 10.3 Å². The predicted octanol–water partition coefficient (Wildman–Crippen LogP) is -0.639. The third-order valence-corrected chi connectivity index (χ3v) is 2.79. The fourth-order valence-electron chi connectivity index (χ4n) is 1.28. The molecule has 1 N–H and O–H groups in total. The summed E-state index contributed by atoms with van der Waals surface area (Å²) in [6.07, 6.45) is 1.06. The van der Waals surface area contributed by atoms with Crippen LogP contribution in [0.4, 0.5) is 0 Å². The Morgan fingerprint density at radius 1 is 1.62 bits per heavy atom. The quantitative estimate of drug-likeness (QED) is 0.368. The molecule has 0 amide bonds. The molecule has 74 valence electrons. The Hall–Kier alpha value is -0.950. The molecule has 1 heterocycles. The lowest BCUT2D eigenvalue weighted by Crippen LogP contribution is -2.42. The monoisotopic (exact) mass is 205 g/mol. The number of piperidine rings is 1. The number of nitrogens with zero attached hydrogens (tertiary/aromatic N) is 2. The fraction of sp³-hybridized carbons (Fsp3) is 0.833. The molecule has 6 nitrogen and oxygen atoms in total. The molecule has 1 aliphatic rings. The van der Waals surface area contributed by atoms with E-state index in [0.717, 1.165) is 6.42 Å². The van der Waals surface area contributed by atoms with Gasteiger partial charge in [0, 0.05) is 20.0 Å². The van der Waals surface area contributed by atoms with Gasteiger partial charge < -0.3 is 0 Å². The van der Waals surface area contributed by atoms with Crippen LogP contribution < -0.4 is 5.32 Å². The van der Waals surface area contributed by atoms with Crippen molar-refractivity contribution in [1.29, 1.82) is 0 Å². The summed E-state index contributed by atoms with van der Waals surface area (Å²) >= 11 is 0. The van der Waals surface area contributed by atoms with E-state index in [0.29, 0.717) is 13.0 Å². The van der Waals surface area contributed by atoms with Gasteiger partial charge >= 0.3 is 0 Å². The highest BCUT2D eigenvalue weighted by molar-refractivity contribution is 7.72. The first-order valence-electron chi connectivity index (χ1n) is 3.90. The molecule has 0 aliphatic carbocycles. The van der Waals surface area contributed by atoms with Crippen LogP contribution in [-0.4, -0.2) is 38.0 Å². The summed E-state index contributed by atoms with van der Waals surface area (Å²) in [7, 11) is -0.656. The van der Waals surface area contributed by atoms with E-state index in [9.17, 15) is 13.3 Å². The Kier molecular flexibility index (Phi) is 3.38. The third kappa shape index (κ3) is 2.49. The molecule has 1 saturated heterocycles. The maximum absolute atomic E-state index is 10.6. The van der Waals surface area contributed by atoms with Crippen molar-refractivity contribution < 1.29 is 8.42 Å². The summed E-state index contributed by atoms with van der Waals surface area (Å²) in [5.41, 5.74) is 0. The van der Waals surface area contributed by atoms with Gasteiger partial charge in [0.05, 0.1) is 11.3 Å². The van der Waals surface area contributed by atoms with Crippen LogP contribution in [0.3, 0.4) is 0 Å². The zero-order chi connectivity index (χ0) is 9.84. The van der Waals surface area contributed by atoms with Crippen LogP contribution in [0, 0.1) is 4.91 Å². The third-order valence-electron chi connectivity index (χ3n) is 2.08. The topological polar surface area (TPSA) is 78.8 Å². The van der Waals surface area contributed by atoms with Gasteiger partial charge in [-0.15, -0.1) is 4.91 Å². The highest BCUT2D eigenvalue weighted by atomic mass is 32.2. The molecule has 1 unspecified atom stereocenters. The second-order valence-electron chi connectivity index (χ2n) is 2.89. The Bertz CT molecular complexity index is 316. The summed E-state index contributed by atoms with van der Waals surface area (Å²) in [6, 6.07) is -0.105. The molecule has 0 saturated carbocycles. The molecule has 0 aromatic carbocycles. The van der Waals surface area contributed by atoms with Crippen LogP contribution in [0.15, 0.2) is 5.29 Å². The molecule has 0 spiro atoms. The summed E-state index contributed by atoms with van der Waals surface area (Å²) in [5, 5.41) is 6.77. The van der Waals surface area contributed by atoms with Crippen molar-refractivity contribution >= 4 is 15.3 Å². The summed E-state index contributed by atoms with van der Waals surface area (Å²) in [6.45, 7) is 0.563. The maximum Gasteiger partial charge on any atom is 0.228 e. The van der Waals surface area contributed by atoms with Gasteiger partial charge in [0.15, 0.2) is 0 Å². The van der Waals surface area contributed by atoms with E-state index in [2.05, 4.69) is 10.6 Å². The minimum Gasteiger partial charge on any atom is -0.279 e. The highest BCUT2D eigenvalue weighted by Crippen LogP contribution is 2.10. The van der Waals surface area contributed by atoms with Crippen LogP contribution in [0.5, 0.6) is 0 Å². The SMILES string of the molecule is CN(N=O)C1CCNC(=S(=O)=O)C1. The Morgan fingerprint density at radius 3 is 2.85 bits per heavy atom. The molecule has 1 fully saturated rings. The number of hydrogen-bond donors (Lipinski definition) is 1. The molecule has 1 aliphatic heterocycles. The summed E-state index contributed by atoms with van der Waals surface area (Å²) < 4.78 is 21.2. The van der Waals surface area contributed by atoms with Crippen LogP contribution in [0.1, 0.15) is 12.8 Å². The van der Waals surface area contributed by atoms with Crippen LogP contribution in [0.2, 0.25) is 0 Å². The molecule has 7 heteroatoms. The highest BCUT2D eigenvalue weighted by Gasteiger charge is 2.22. The summed E-state index contributed by atoms with van der Waals surface area (Å²) in [4.78, 5) is 10.4. The van der Waals surface area contributed by atoms with E-state index >= 15 is 0 Å². The van der Waals surface area contributed by atoms with Crippen molar-refractivity contribution in [3.8, 4) is 0 Å². The standard InChI is InChI=1S/C6H11N3O3S/c1-9(8-10)5-2-3-7-6(4-5)13(11)12/h5,7H,2-4H2,1H3. The molecule has 0 bridgehead atoms. The second-order valence-corrected chi connectivity index (χ2v) is 3.85. The van der Waals surface area contributed by atoms with E-state index in [4.69, 9.17) is 0 Å². The minimum absolute atomic E-state index is 0.105.